The SMILES string of the molecule is COc1cc(/C=C/S(=O)(=O)NS(=O)(=O)/C=C/c2ccc(O)c(OC)c2)ccc1O. The number of methoxy groups -OCH3 is 2. The average Bonchev–Trinajstić information content (AvgIpc) is 2.66. The van der Waals surface area contributed by atoms with E-state index in [-0.39, 0.29) is 23.0 Å². The Morgan fingerprint density at radius 2 is 1.14 bits per heavy atom. The van der Waals surface area contributed by atoms with Gasteiger partial charge in [-0.25, -0.2) is 16.8 Å². The number of aromatic hydroxyl groups is 2. The van der Waals surface area contributed by atoms with Crippen LogP contribution in [0.3, 0.4) is 0 Å². The molecule has 0 bridgehead atoms. The summed E-state index contributed by atoms with van der Waals surface area (Å²) in [5.41, 5.74) is 0.739. The summed E-state index contributed by atoms with van der Waals surface area (Å²) in [6.07, 6.45) is 2.29. The zero-order valence-corrected chi connectivity index (χ0v) is 17.1. The van der Waals surface area contributed by atoms with Crippen LogP contribution in [0.15, 0.2) is 47.2 Å². The molecule has 0 aliphatic rings. The van der Waals surface area contributed by atoms with Gasteiger partial charge in [-0.2, -0.15) is 0 Å². The molecule has 3 N–H and O–H groups in total. The lowest BCUT2D eigenvalue weighted by molar-refractivity contribution is 0.373. The first-order valence-corrected chi connectivity index (χ1v) is 11.0. The lowest BCUT2D eigenvalue weighted by Gasteiger charge is -2.05. The normalized spacial score (nSPS) is 12.5. The van der Waals surface area contributed by atoms with Crippen LogP contribution in [0.25, 0.3) is 12.2 Å². The molecule has 2 aromatic rings. The van der Waals surface area contributed by atoms with Gasteiger partial charge in [-0.1, -0.05) is 12.1 Å². The third kappa shape index (κ3) is 6.52. The summed E-state index contributed by atoms with van der Waals surface area (Å²) in [6, 6.07) is 8.24. The Bertz CT molecular complexity index is 1060. The van der Waals surface area contributed by atoms with E-state index in [2.05, 4.69) is 0 Å². The van der Waals surface area contributed by atoms with Crippen molar-refractivity contribution in [1.29, 1.82) is 0 Å². The summed E-state index contributed by atoms with van der Waals surface area (Å²) >= 11 is 0. The first-order chi connectivity index (χ1) is 13.5. The predicted octanol–water partition coefficient (Wildman–Crippen LogP) is 2.01. The highest BCUT2D eigenvalue weighted by Crippen LogP contribution is 2.27. The molecule has 9 nitrogen and oxygen atoms in total. The standard InChI is InChI=1S/C18H19NO8S2/c1-26-17-11-13(3-5-15(17)20)7-9-28(22,23)19-29(24,25)10-8-14-4-6-16(21)18(12-14)27-2/h3-12,19-21H,1-2H3/b9-7+,10-8+. The minimum absolute atomic E-state index is 0.121. The van der Waals surface area contributed by atoms with E-state index < -0.39 is 20.0 Å². The zero-order chi connectivity index (χ0) is 21.7. The van der Waals surface area contributed by atoms with Gasteiger partial charge in [0.05, 0.1) is 14.2 Å². The van der Waals surface area contributed by atoms with Crippen molar-refractivity contribution in [2.75, 3.05) is 14.2 Å². The summed E-state index contributed by atoms with van der Waals surface area (Å²) in [5, 5.41) is 20.4. The largest absolute Gasteiger partial charge is 0.504 e. The number of rotatable bonds is 8. The van der Waals surface area contributed by atoms with Gasteiger partial charge in [0.1, 0.15) is 0 Å². The smallest absolute Gasteiger partial charge is 0.246 e. The molecular weight excluding hydrogens is 422 g/mol. The number of hydrogen-bond donors (Lipinski definition) is 3. The number of hydrogen-bond acceptors (Lipinski definition) is 8. The molecule has 0 atom stereocenters. The zero-order valence-electron chi connectivity index (χ0n) is 15.4. The average molecular weight is 441 g/mol. The number of ether oxygens (including phenoxy) is 2. The van der Waals surface area contributed by atoms with Gasteiger partial charge in [0.2, 0.25) is 20.0 Å². The molecule has 0 saturated carbocycles. The second kappa shape index (κ2) is 8.99. The molecule has 11 heteroatoms. The molecule has 156 valence electrons. The maximum atomic E-state index is 12.1. The molecule has 2 aromatic carbocycles. The van der Waals surface area contributed by atoms with E-state index in [1.807, 2.05) is 0 Å². The number of benzene rings is 2. The quantitative estimate of drug-likeness (QED) is 0.565. The van der Waals surface area contributed by atoms with Gasteiger partial charge in [0, 0.05) is 10.8 Å². The predicted molar refractivity (Wildman–Crippen MR) is 108 cm³/mol. The lowest BCUT2D eigenvalue weighted by atomic mass is 10.2. The first kappa shape index (κ1) is 22.3. The molecule has 0 aliphatic carbocycles. The highest BCUT2D eigenvalue weighted by molar-refractivity contribution is 8.07. The molecule has 0 spiro atoms. The van der Waals surface area contributed by atoms with Gasteiger partial charge in [0.15, 0.2) is 23.0 Å². The van der Waals surface area contributed by atoms with E-state index in [9.17, 15) is 27.0 Å². The molecule has 29 heavy (non-hydrogen) atoms. The Morgan fingerprint density at radius 1 is 0.759 bits per heavy atom. The van der Waals surface area contributed by atoms with Crippen molar-refractivity contribution in [2.45, 2.75) is 0 Å². The number of sulfonamides is 2. The molecule has 0 heterocycles. The minimum Gasteiger partial charge on any atom is -0.504 e. The first-order valence-electron chi connectivity index (χ1n) is 7.94. The van der Waals surface area contributed by atoms with Crippen molar-refractivity contribution in [3.63, 3.8) is 0 Å². The van der Waals surface area contributed by atoms with Gasteiger partial charge >= 0.3 is 0 Å². The van der Waals surface area contributed by atoms with Crippen molar-refractivity contribution >= 4 is 32.2 Å². The minimum atomic E-state index is -4.33. The van der Waals surface area contributed by atoms with E-state index in [0.29, 0.717) is 21.9 Å². The van der Waals surface area contributed by atoms with E-state index in [1.165, 1.54) is 50.6 Å². The van der Waals surface area contributed by atoms with Crippen LogP contribution >= 0.6 is 0 Å². The summed E-state index contributed by atoms with van der Waals surface area (Å²) in [6.45, 7) is 0. The van der Waals surface area contributed by atoms with Crippen molar-refractivity contribution in [3.8, 4) is 23.0 Å². The Hall–Kier alpha value is -3.02. The third-order valence-corrected chi connectivity index (χ3v) is 6.37. The third-order valence-electron chi connectivity index (χ3n) is 3.52. The number of phenols is 2. The van der Waals surface area contributed by atoms with Crippen LogP contribution in [0.4, 0.5) is 0 Å². The van der Waals surface area contributed by atoms with Crippen molar-refractivity contribution in [1.82, 2.24) is 4.13 Å². The van der Waals surface area contributed by atoms with Crippen LogP contribution in [-0.2, 0) is 20.0 Å². The van der Waals surface area contributed by atoms with Gasteiger partial charge in [-0.15, -0.1) is 4.13 Å². The maximum absolute atomic E-state index is 12.1. The maximum Gasteiger partial charge on any atom is 0.246 e. The lowest BCUT2D eigenvalue weighted by Crippen LogP contribution is -2.26. The Balaban J connectivity index is 2.15. The van der Waals surface area contributed by atoms with Crippen LogP contribution in [0.5, 0.6) is 23.0 Å². The molecule has 0 aromatic heterocycles. The summed E-state index contributed by atoms with van der Waals surface area (Å²) in [4.78, 5) is 0. The fourth-order valence-corrected chi connectivity index (χ4v) is 4.56. The van der Waals surface area contributed by atoms with Gasteiger partial charge < -0.3 is 19.7 Å². The van der Waals surface area contributed by atoms with Gasteiger partial charge in [-0.3, -0.25) is 0 Å². The van der Waals surface area contributed by atoms with Crippen molar-refractivity contribution in [2.24, 2.45) is 0 Å². The highest BCUT2D eigenvalue weighted by Gasteiger charge is 2.15. The Kier molecular flexibility index (Phi) is 6.90. The van der Waals surface area contributed by atoms with Crippen LogP contribution in [-0.4, -0.2) is 41.3 Å². The van der Waals surface area contributed by atoms with E-state index in [0.717, 1.165) is 12.2 Å². The molecule has 0 amide bonds. The second-order valence-electron chi connectivity index (χ2n) is 5.64. The van der Waals surface area contributed by atoms with E-state index in [4.69, 9.17) is 9.47 Å². The Labute approximate surface area is 168 Å². The molecule has 0 saturated heterocycles. The summed E-state index contributed by atoms with van der Waals surface area (Å²) in [7, 11) is -5.98. The van der Waals surface area contributed by atoms with Crippen LogP contribution in [0.1, 0.15) is 11.1 Å². The monoisotopic (exact) mass is 441 g/mol. The van der Waals surface area contributed by atoms with Crippen molar-refractivity contribution < 1.29 is 36.5 Å². The summed E-state index contributed by atoms with van der Waals surface area (Å²) in [5.74, 6) is 0.0307. The van der Waals surface area contributed by atoms with Crippen LogP contribution < -0.4 is 13.6 Å². The highest BCUT2D eigenvalue weighted by atomic mass is 32.3. The second-order valence-corrected chi connectivity index (χ2v) is 9.03. The van der Waals surface area contributed by atoms with Gasteiger partial charge in [-0.05, 0) is 47.5 Å². The van der Waals surface area contributed by atoms with E-state index >= 15 is 0 Å². The topological polar surface area (TPSA) is 139 Å². The van der Waals surface area contributed by atoms with Crippen molar-refractivity contribution in [3.05, 3.63) is 58.3 Å². The molecule has 0 unspecified atom stereocenters. The fraction of sp³-hybridized carbons (Fsp3) is 0.111. The molecular formula is C18H19NO8S2. The molecule has 0 fully saturated rings. The van der Waals surface area contributed by atoms with Crippen LogP contribution in [0, 0.1) is 0 Å². The molecule has 0 aliphatic heterocycles. The Morgan fingerprint density at radius 3 is 1.48 bits per heavy atom. The van der Waals surface area contributed by atoms with E-state index in [1.54, 1.807) is 4.13 Å². The van der Waals surface area contributed by atoms with Gasteiger partial charge in [0.25, 0.3) is 0 Å². The number of nitrogens with one attached hydrogen (secondary N) is 1. The fourth-order valence-electron chi connectivity index (χ4n) is 2.15. The molecule has 2 rings (SSSR count). The van der Waals surface area contributed by atoms with Crippen LogP contribution in [0.2, 0.25) is 0 Å². The molecule has 0 radical (unpaired) electrons. The number of phenolic OH excluding ortho intramolecular Hbond substituents is 2. The summed E-state index contributed by atoms with van der Waals surface area (Å²) < 4.78 is 59.6.